The Kier molecular flexibility index (Phi) is 5.65. The molecule has 0 saturated heterocycles. The monoisotopic (exact) mass is 155 g/mol. The predicted molar refractivity (Wildman–Crippen MR) is 48.6 cm³/mol. The Morgan fingerprint density at radius 2 is 2.27 bits per heavy atom. The third kappa shape index (κ3) is 4.67. The first-order valence-electron chi connectivity index (χ1n) is 3.96. The fourth-order valence-electron chi connectivity index (χ4n) is 0.977. The molecule has 0 radical (unpaired) electrons. The number of nitrogens with one attached hydrogen (secondary N) is 2. The third-order valence-corrected chi connectivity index (χ3v) is 1.80. The second-order valence-electron chi connectivity index (χ2n) is 2.75. The molecule has 0 aliphatic carbocycles. The van der Waals surface area contributed by atoms with E-state index in [4.69, 9.17) is 16.6 Å². The van der Waals surface area contributed by atoms with Crippen LogP contribution in [-0.2, 0) is 0 Å². The lowest BCUT2D eigenvalue weighted by atomic mass is 9.98. The summed E-state index contributed by atoms with van der Waals surface area (Å²) in [4.78, 5) is 0. The first-order valence-corrected chi connectivity index (χ1v) is 3.96. The minimum Gasteiger partial charge on any atom is -0.330 e. The number of rotatable bonds is 6. The molecule has 0 aromatic rings. The minimum atomic E-state index is 0.231. The molecule has 4 N–H and O–H groups in total. The van der Waals surface area contributed by atoms with Crippen LogP contribution in [0.3, 0.4) is 0 Å². The van der Waals surface area contributed by atoms with Crippen molar-refractivity contribution in [3.05, 3.63) is 0 Å². The van der Waals surface area contributed by atoms with Crippen molar-refractivity contribution in [2.45, 2.75) is 26.2 Å². The van der Waals surface area contributed by atoms with Gasteiger partial charge in [-0.05, 0) is 32.4 Å². The van der Waals surface area contributed by atoms with Crippen molar-refractivity contribution in [1.82, 2.24) is 0 Å². The van der Waals surface area contributed by atoms with E-state index in [9.17, 15) is 0 Å². The number of unbranched alkanes of at least 4 members (excludes halogenated alkanes) is 1. The largest absolute Gasteiger partial charge is 0.330 e. The van der Waals surface area contributed by atoms with Crippen molar-refractivity contribution in [2.75, 3.05) is 6.54 Å². The van der Waals surface area contributed by atoms with Crippen LogP contribution in [-0.4, -0.2) is 18.5 Å². The quantitative estimate of drug-likeness (QED) is 0.394. The fourth-order valence-corrected chi connectivity index (χ4v) is 0.977. The molecule has 0 bridgehead atoms. The van der Waals surface area contributed by atoms with Crippen molar-refractivity contribution in [3.8, 4) is 0 Å². The van der Waals surface area contributed by atoms with E-state index in [1.165, 1.54) is 6.21 Å². The lowest BCUT2D eigenvalue weighted by molar-refractivity contribution is 0.606. The van der Waals surface area contributed by atoms with Crippen LogP contribution < -0.4 is 5.73 Å². The van der Waals surface area contributed by atoms with Crippen molar-refractivity contribution >= 4 is 11.9 Å². The zero-order valence-electron chi connectivity index (χ0n) is 7.06. The van der Waals surface area contributed by atoms with E-state index in [-0.39, 0.29) is 5.92 Å². The minimum absolute atomic E-state index is 0.231. The van der Waals surface area contributed by atoms with Gasteiger partial charge in [0.15, 0.2) is 0 Å². The smallest absolute Gasteiger partial charge is 0.0102 e. The highest BCUT2D eigenvalue weighted by molar-refractivity contribution is 5.81. The number of nitrogens with two attached hydrogens (primary N) is 1. The summed E-state index contributed by atoms with van der Waals surface area (Å²) in [5, 5.41) is 14.2. The highest BCUT2D eigenvalue weighted by Crippen LogP contribution is 2.07. The number of hydrogen-bond acceptors (Lipinski definition) is 3. The molecule has 3 nitrogen and oxygen atoms in total. The second-order valence-corrected chi connectivity index (χ2v) is 2.75. The van der Waals surface area contributed by atoms with Crippen molar-refractivity contribution < 1.29 is 0 Å². The molecule has 0 rings (SSSR count). The predicted octanol–water partition coefficient (Wildman–Crippen LogP) is 1.42. The fraction of sp³-hybridized carbons (Fsp3) is 0.750. The van der Waals surface area contributed by atoms with Crippen LogP contribution in [0.2, 0.25) is 0 Å². The van der Waals surface area contributed by atoms with E-state index in [0.717, 1.165) is 19.3 Å². The molecule has 0 saturated carbocycles. The molecule has 0 aliphatic heterocycles. The van der Waals surface area contributed by atoms with Gasteiger partial charge in [0.25, 0.3) is 0 Å². The summed E-state index contributed by atoms with van der Waals surface area (Å²) in [6.45, 7) is 2.36. The van der Waals surface area contributed by atoms with E-state index in [2.05, 4.69) is 0 Å². The van der Waals surface area contributed by atoms with E-state index in [0.29, 0.717) is 12.3 Å². The van der Waals surface area contributed by atoms with Crippen LogP contribution in [0.4, 0.5) is 0 Å². The van der Waals surface area contributed by atoms with Gasteiger partial charge in [0.2, 0.25) is 0 Å². The molecule has 0 heterocycles. The molecular weight excluding hydrogens is 138 g/mol. The Balaban J connectivity index is 3.52. The molecule has 0 aromatic heterocycles. The maximum atomic E-state index is 7.35. The Labute approximate surface area is 68.0 Å². The lowest BCUT2D eigenvalue weighted by Gasteiger charge is -2.11. The number of hydrogen-bond donors (Lipinski definition) is 3. The topological polar surface area (TPSA) is 73.7 Å². The van der Waals surface area contributed by atoms with Crippen molar-refractivity contribution in [3.63, 3.8) is 0 Å². The van der Waals surface area contributed by atoms with Crippen LogP contribution in [0, 0.1) is 16.7 Å². The average Bonchev–Trinajstić information content (AvgIpc) is 1.97. The molecule has 0 amide bonds. The van der Waals surface area contributed by atoms with Crippen LogP contribution >= 0.6 is 0 Å². The Morgan fingerprint density at radius 1 is 1.64 bits per heavy atom. The summed E-state index contributed by atoms with van der Waals surface area (Å²) in [6.07, 6.45) is 4.14. The normalized spacial score (nSPS) is 12.5. The van der Waals surface area contributed by atoms with Crippen LogP contribution in [0.5, 0.6) is 0 Å². The van der Waals surface area contributed by atoms with Gasteiger partial charge in [0.05, 0.1) is 0 Å². The molecular formula is C8H17N3. The summed E-state index contributed by atoms with van der Waals surface area (Å²) in [5.74, 6) is 0.231. The van der Waals surface area contributed by atoms with Gasteiger partial charge in [-0.1, -0.05) is 0 Å². The van der Waals surface area contributed by atoms with Gasteiger partial charge in [-0.3, -0.25) is 0 Å². The van der Waals surface area contributed by atoms with Gasteiger partial charge >= 0.3 is 0 Å². The van der Waals surface area contributed by atoms with Crippen LogP contribution in [0.1, 0.15) is 26.2 Å². The van der Waals surface area contributed by atoms with E-state index >= 15 is 0 Å². The first kappa shape index (κ1) is 10.3. The second kappa shape index (κ2) is 6.04. The van der Waals surface area contributed by atoms with Crippen molar-refractivity contribution in [2.24, 2.45) is 11.7 Å². The van der Waals surface area contributed by atoms with E-state index in [1.807, 2.05) is 0 Å². The van der Waals surface area contributed by atoms with Gasteiger partial charge in [0.1, 0.15) is 0 Å². The van der Waals surface area contributed by atoms with Gasteiger partial charge in [-0.25, -0.2) is 0 Å². The highest BCUT2D eigenvalue weighted by atomic mass is 14.6. The maximum absolute atomic E-state index is 7.35. The van der Waals surface area contributed by atoms with Gasteiger partial charge in [0, 0.05) is 18.2 Å². The summed E-state index contributed by atoms with van der Waals surface area (Å²) in [7, 11) is 0. The summed E-state index contributed by atoms with van der Waals surface area (Å²) in [5.41, 5.74) is 6.12. The van der Waals surface area contributed by atoms with Gasteiger partial charge in [-0.15, -0.1) is 0 Å². The SMILES string of the molecule is CC(=N)C(CN)CCCC=N. The molecule has 11 heavy (non-hydrogen) atoms. The molecule has 0 aliphatic rings. The first-order chi connectivity index (χ1) is 5.22. The molecule has 0 aromatic carbocycles. The Bertz CT molecular complexity index is 131. The summed E-state index contributed by atoms with van der Waals surface area (Å²) < 4.78 is 0. The van der Waals surface area contributed by atoms with Crippen LogP contribution in [0.25, 0.3) is 0 Å². The zero-order chi connectivity index (χ0) is 8.69. The maximum Gasteiger partial charge on any atom is 0.0102 e. The average molecular weight is 155 g/mol. The molecule has 1 unspecified atom stereocenters. The Morgan fingerprint density at radius 3 is 2.64 bits per heavy atom. The van der Waals surface area contributed by atoms with Gasteiger partial charge in [-0.2, -0.15) is 0 Å². The highest BCUT2D eigenvalue weighted by Gasteiger charge is 2.06. The summed E-state index contributed by atoms with van der Waals surface area (Å²) >= 11 is 0. The van der Waals surface area contributed by atoms with E-state index < -0.39 is 0 Å². The molecule has 0 spiro atoms. The molecule has 3 heteroatoms. The van der Waals surface area contributed by atoms with Crippen LogP contribution in [0.15, 0.2) is 0 Å². The standard InChI is InChI=1S/C8H17N3/c1-7(11)8(6-10)4-2-3-5-9/h5,8-9,11H,2-4,6,10H2,1H3. The lowest BCUT2D eigenvalue weighted by Crippen LogP contribution is -2.20. The third-order valence-electron chi connectivity index (χ3n) is 1.80. The van der Waals surface area contributed by atoms with Crippen molar-refractivity contribution in [1.29, 1.82) is 10.8 Å². The molecule has 0 fully saturated rings. The Hall–Kier alpha value is -0.700. The molecule has 64 valence electrons. The van der Waals surface area contributed by atoms with Gasteiger partial charge < -0.3 is 16.6 Å². The summed E-state index contributed by atoms with van der Waals surface area (Å²) in [6, 6.07) is 0. The van der Waals surface area contributed by atoms with E-state index in [1.54, 1.807) is 6.92 Å². The molecule has 1 atom stereocenters. The zero-order valence-corrected chi connectivity index (χ0v) is 7.06.